The van der Waals surface area contributed by atoms with E-state index in [1.54, 1.807) is 25.1 Å². The largest absolute Gasteiger partial charge is 0.325 e. The van der Waals surface area contributed by atoms with E-state index in [0.29, 0.717) is 11.3 Å². The summed E-state index contributed by atoms with van der Waals surface area (Å²) in [4.78, 5) is 23.0. The minimum Gasteiger partial charge on any atom is -0.325 e. The second-order valence-corrected chi connectivity index (χ2v) is 4.18. The second-order valence-electron chi connectivity index (χ2n) is 3.27. The number of anilines is 1. The fraction of sp³-hybridized carbons (Fsp3) is 0.200. The molecule has 0 radical (unpaired) electrons. The van der Waals surface area contributed by atoms with Crippen molar-refractivity contribution in [3.8, 4) is 0 Å². The van der Waals surface area contributed by atoms with Crippen molar-refractivity contribution < 1.29 is 9.59 Å². The van der Waals surface area contributed by atoms with Crippen molar-refractivity contribution >= 4 is 33.3 Å². The summed E-state index contributed by atoms with van der Waals surface area (Å²) in [6, 6.07) is 5.25. The average Bonchev–Trinajstić information content (AvgIpc) is 2.14. The zero-order chi connectivity index (χ0) is 10.3. The Bertz CT molecular complexity index is 428. The van der Waals surface area contributed by atoms with Crippen LogP contribution in [0.1, 0.15) is 17.3 Å². The number of Topliss-reactive ketones (excluding diaryl/α,β-unsaturated/α-hetero) is 1. The number of fused-ring (bicyclic) bond motifs is 1. The van der Waals surface area contributed by atoms with Gasteiger partial charge in [-0.2, -0.15) is 0 Å². The van der Waals surface area contributed by atoms with Gasteiger partial charge in [0.15, 0.2) is 5.78 Å². The van der Waals surface area contributed by atoms with Crippen LogP contribution in [0.3, 0.4) is 0 Å². The number of halogens is 1. The number of amides is 1. The molecule has 3 nitrogen and oxygen atoms in total. The molecule has 1 N–H and O–H groups in total. The van der Waals surface area contributed by atoms with Crippen molar-refractivity contribution in [2.24, 2.45) is 5.92 Å². The third-order valence-corrected chi connectivity index (χ3v) is 2.78. The maximum Gasteiger partial charge on any atom is 0.235 e. The van der Waals surface area contributed by atoms with Crippen LogP contribution < -0.4 is 5.32 Å². The molecule has 0 bridgehead atoms. The number of carbonyl (C=O) groups is 2. The van der Waals surface area contributed by atoms with Gasteiger partial charge in [-0.05, 0) is 25.1 Å². The summed E-state index contributed by atoms with van der Waals surface area (Å²) in [7, 11) is 0. The molecule has 0 aromatic heterocycles. The molecule has 1 aliphatic heterocycles. The maximum atomic E-state index is 11.7. The highest BCUT2D eigenvalue weighted by Gasteiger charge is 2.30. The molecule has 1 aromatic carbocycles. The van der Waals surface area contributed by atoms with E-state index in [9.17, 15) is 9.59 Å². The van der Waals surface area contributed by atoms with Crippen LogP contribution in [0.4, 0.5) is 5.69 Å². The fourth-order valence-electron chi connectivity index (χ4n) is 1.43. The quantitative estimate of drug-likeness (QED) is 0.721. The molecule has 1 aliphatic rings. The number of hydrogen-bond donors (Lipinski definition) is 1. The van der Waals surface area contributed by atoms with Gasteiger partial charge in [0, 0.05) is 10.0 Å². The molecule has 1 unspecified atom stereocenters. The molecule has 2 rings (SSSR count). The first-order valence-corrected chi connectivity index (χ1v) is 5.03. The monoisotopic (exact) mass is 253 g/mol. The Balaban J connectivity index is 2.56. The Morgan fingerprint density at radius 3 is 2.79 bits per heavy atom. The van der Waals surface area contributed by atoms with Gasteiger partial charge in [0.05, 0.1) is 11.6 Å². The lowest BCUT2D eigenvalue weighted by Crippen LogP contribution is -2.33. The first-order chi connectivity index (χ1) is 6.59. The highest BCUT2D eigenvalue weighted by atomic mass is 79.9. The van der Waals surface area contributed by atoms with E-state index < -0.39 is 5.92 Å². The fourth-order valence-corrected chi connectivity index (χ4v) is 1.79. The van der Waals surface area contributed by atoms with Crippen molar-refractivity contribution in [1.29, 1.82) is 0 Å². The lowest BCUT2D eigenvalue weighted by atomic mass is 9.93. The van der Waals surface area contributed by atoms with Crippen LogP contribution in [0.5, 0.6) is 0 Å². The lowest BCUT2D eigenvalue weighted by Gasteiger charge is -2.20. The van der Waals surface area contributed by atoms with Gasteiger partial charge in [-0.1, -0.05) is 15.9 Å². The Morgan fingerprint density at radius 2 is 2.07 bits per heavy atom. The first-order valence-electron chi connectivity index (χ1n) is 4.24. The molecule has 14 heavy (non-hydrogen) atoms. The number of rotatable bonds is 0. The van der Waals surface area contributed by atoms with E-state index in [1.165, 1.54) is 0 Å². The number of nitrogens with one attached hydrogen (secondary N) is 1. The molecule has 1 heterocycles. The van der Waals surface area contributed by atoms with Gasteiger partial charge >= 0.3 is 0 Å². The molecule has 4 heteroatoms. The van der Waals surface area contributed by atoms with Crippen LogP contribution in [0.25, 0.3) is 0 Å². The van der Waals surface area contributed by atoms with Gasteiger partial charge < -0.3 is 5.32 Å². The van der Waals surface area contributed by atoms with E-state index in [4.69, 9.17) is 0 Å². The Labute approximate surface area is 89.6 Å². The Hall–Kier alpha value is -1.16. The topological polar surface area (TPSA) is 46.2 Å². The van der Waals surface area contributed by atoms with Crippen LogP contribution >= 0.6 is 15.9 Å². The second kappa shape index (κ2) is 3.20. The van der Waals surface area contributed by atoms with E-state index in [1.807, 2.05) is 0 Å². The van der Waals surface area contributed by atoms with E-state index in [-0.39, 0.29) is 11.7 Å². The highest BCUT2D eigenvalue weighted by molar-refractivity contribution is 9.10. The van der Waals surface area contributed by atoms with Crippen molar-refractivity contribution in [1.82, 2.24) is 0 Å². The lowest BCUT2D eigenvalue weighted by molar-refractivity contribution is -0.118. The summed E-state index contributed by atoms with van der Waals surface area (Å²) >= 11 is 3.28. The van der Waals surface area contributed by atoms with Crippen molar-refractivity contribution in [3.05, 3.63) is 28.2 Å². The molecular formula is C10H8BrNO2. The van der Waals surface area contributed by atoms with Crippen molar-refractivity contribution in [2.45, 2.75) is 6.92 Å². The van der Waals surface area contributed by atoms with E-state index >= 15 is 0 Å². The smallest absolute Gasteiger partial charge is 0.235 e. The first kappa shape index (κ1) is 9.40. The Morgan fingerprint density at radius 1 is 1.36 bits per heavy atom. The predicted molar refractivity (Wildman–Crippen MR) is 56.3 cm³/mol. The van der Waals surface area contributed by atoms with Crippen LogP contribution in [-0.2, 0) is 4.79 Å². The normalized spacial score (nSPS) is 20.3. The summed E-state index contributed by atoms with van der Waals surface area (Å²) < 4.78 is 0.846. The zero-order valence-electron chi connectivity index (χ0n) is 7.50. The van der Waals surface area contributed by atoms with Crippen molar-refractivity contribution in [2.75, 3.05) is 5.32 Å². The van der Waals surface area contributed by atoms with Crippen LogP contribution in [0, 0.1) is 5.92 Å². The van der Waals surface area contributed by atoms with E-state index in [0.717, 1.165) is 4.47 Å². The third-order valence-electron chi connectivity index (χ3n) is 2.29. The van der Waals surface area contributed by atoms with Crippen LogP contribution in [0.15, 0.2) is 22.7 Å². The Kier molecular flexibility index (Phi) is 2.15. The third kappa shape index (κ3) is 1.35. The minimum atomic E-state index is -0.580. The van der Waals surface area contributed by atoms with Gasteiger partial charge in [-0.3, -0.25) is 9.59 Å². The SMILES string of the molecule is CC1C(=O)Nc2cc(Br)ccc2C1=O. The molecule has 1 aromatic rings. The molecule has 0 spiro atoms. The predicted octanol–water partition coefficient (Wildman–Crippen LogP) is 2.22. The van der Waals surface area contributed by atoms with Gasteiger partial charge in [-0.15, -0.1) is 0 Å². The molecular weight excluding hydrogens is 246 g/mol. The number of ketones is 1. The molecule has 1 atom stereocenters. The molecule has 1 amide bonds. The summed E-state index contributed by atoms with van der Waals surface area (Å²) in [5.41, 5.74) is 1.17. The molecule has 0 saturated heterocycles. The average molecular weight is 254 g/mol. The molecule has 0 fully saturated rings. The molecule has 72 valence electrons. The maximum absolute atomic E-state index is 11.7. The number of hydrogen-bond acceptors (Lipinski definition) is 2. The summed E-state index contributed by atoms with van der Waals surface area (Å²) in [5.74, 6) is -0.930. The number of carbonyl (C=O) groups excluding carboxylic acids is 2. The van der Waals surface area contributed by atoms with Gasteiger partial charge in [0.1, 0.15) is 0 Å². The molecule has 0 aliphatic carbocycles. The summed E-state index contributed by atoms with van der Waals surface area (Å²) in [6.07, 6.45) is 0. The van der Waals surface area contributed by atoms with Gasteiger partial charge in [-0.25, -0.2) is 0 Å². The minimum absolute atomic E-state index is 0.115. The highest BCUT2D eigenvalue weighted by Crippen LogP contribution is 2.28. The molecule has 0 saturated carbocycles. The summed E-state index contributed by atoms with van der Waals surface area (Å²) in [5, 5.41) is 2.69. The zero-order valence-corrected chi connectivity index (χ0v) is 9.09. The van der Waals surface area contributed by atoms with Gasteiger partial charge in [0.2, 0.25) is 5.91 Å². The van der Waals surface area contributed by atoms with E-state index in [2.05, 4.69) is 21.2 Å². The van der Waals surface area contributed by atoms with Gasteiger partial charge in [0.25, 0.3) is 0 Å². The van der Waals surface area contributed by atoms with Crippen LogP contribution in [-0.4, -0.2) is 11.7 Å². The number of benzene rings is 1. The summed E-state index contributed by atoms with van der Waals surface area (Å²) in [6.45, 7) is 1.61. The van der Waals surface area contributed by atoms with Crippen LogP contribution in [0.2, 0.25) is 0 Å². The van der Waals surface area contributed by atoms with Crippen molar-refractivity contribution in [3.63, 3.8) is 0 Å². The standard InChI is InChI=1S/C10H8BrNO2/c1-5-9(13)7-3-2-6(11)4-8(7)12-10(5)14/h2-5H,1H3,(H,12,14).